The van der Waals surface area contributed by atoms with E-state index in [4.69, 9.17) is 0 Å². The number of aromatic amines is 1. The minimum absolute atomic E-state index is 0.0608. The van der Waals surface area contributed by atoms with Crippen molar-refractivity contribution in [2.45, 2.75) is 26.1 Å². The monoisotopic (exact) mass is 288 g/mol. The molecule has 108 valence electrons. The van der Waals surface area contributed by atoms with Crippen LogP contribution in [0.4, 0.5) is 23.2 Å². The summed E-state index contributed by atoms with van der Waals surface area (Å²) in [7, 11) is 0. The van der Waals surface area contributed by atoms with Gasteiger partial charge in [0.2, 0.25) is 5.82 Å². The van der Waals surface area contributed by atoms with E-state index in [1.165, 1.54) is 12.1 Å². The SMILES string of the molecule is CC(C)Nc1ccc2c(C(F)(F)F)c(F)c(=O)[nH]c2c1. The van der Waals surface area contributed by atoms with Gasteiger partial charge < -0.3 is 10.3 Å². The van der Waals surface area contributed by atoms with Gasteiger partial charge in [-0.3, -0.25) is 4.79 Å². The third-order valence-corrected chi connectivity index (χ3v) is 2.69. The van der Waals surface area contributed by atoms with Crippen LogP contribution in [0.15, 0.2) is 23.0 Å². The van der Waals surface area contributed by atoms with Crippen LogP contribution in [0.25, 0.3) is 10.9 Å². The molecule has 20 heavy (non-hydrogen) atoms. The van der Waals surface area contributed by atoms with E-state index >= 15 is 0 Å². The van der Waals surface area contributed by atoms with E-state index in [1.54, 1.807) is 0 Å². The Balaban J connectivity index is 2.74. The Labute approximate surface area is 111 Å². The molecule has 0 fully saturated rings. The van der Waals surface area contributed by atoms with Crippen LogP contribution < -0.4 is 10.9 Å². The summed E-state index contributed by atoms with van der Waals surface area (Å²) in [6.07, 6.45) is -4.93. The minimum atomic E-state index is -4.93. The molecular formula is C13H12F4N2O. The van der Waals surface area contributed by atoms with Gasteiger partial charge >= 0.3 is 6.18 Å². The number of aromatic nitrogens is 1. The average Bonchev–Trinajstić information content (AvgIpc) is 2.28. The maximum absolute atomic E-state index is 13.5. The first-order valence-electron chi connectivity index (χ1n) is 5.89. The van der Waals surface area contributed by atoms with E-state index in [2.05, 4.69) is 10.3 Å². The molecule has 2 N–H and O–H groups in total. The van der Waals surface area contributed by atoms with Gasteiger partial charge in [0.05, 0.1) is 5.52 Å². The molecule has 1 aromatic heterocycles. The summed E-state index contributed by atoms with van der Waals surface area (Å²) < 4.78 is 52.0. The van der Waals surface area contributed by atoms with Crippen LogP contribution in [0.5, 0.6) is 0 Å². The van der Waals surface area contributed by atoms with E-state index in [0.29, 0.717) is 5.69 Å². The Hall–Kier alpha value is -2.05. The second kappa shape index (κ2) is 4.81. The third kappa shape index (κ3) is 2.61. The summed E-state index contributed by atoms with van der Waals surface area (Å²) in [4.78, 5) is 13.4. The maximum Gasteiger partial charge on any atom is 0.420 e. The van der Waals surface area contributed by atoms with Crippen molar-refractivity contribution in [1.82, 2.24) is 4.98 Å². The summed E-state index contributed by atoms with van der Waals surface area (Å²) >= 11 is 0. The van der Waals surface area contributed by atoms with Gasteiger partial charge in [-0.1, -0.05) is 6.07 Å². The molecule has 0 spiro atoms. The molecule has 7 heteroatoms. The zero-order chi connectivity index (χ0) is 15.1. The predicted octanol–water partition coefficient (Wildman–Crippen LogP) is 3.51. The standard InChI is InChI=1S/C13H12F4N2O/c1-6(2)18-7-3-4-8-9(5-7)19-12(20)11(14)10(8)13(15,16)17/h3-6,18H,1-2H3,(H,19,20). The van der Waals surface area contributed by atoms with Gasteiger partial charge in [0.15, 0.2) is 0 Å². The summed E-state index contributed by atoms with van der Waals surface area (Å²) in [5.74, 6) is -1.81. The number of fused-ring (bicyclic) bond motifs is 1. The van der Waals surface area contributed by atoms with Gasteiger partial charge in [-0.25, -0.2) is 4.39 Å². The molecule has 0 radical (unpaired) electrons. The number of hydrogen-bond donors (Lipinski definition) is 2. The fourth-order valence-electron chi connectivity index (χ4n) is 1.97. The highest BCUT2D eigenvalue weighted by atomic mass is 19.4. The summed E-state index contributed by atoms with van der Waals surface area (Å²) in [6.45, 7) is 3.72. The molecule has 3 nitrogen and oxygen atoms in total. The topological polar surface area (TPSA) is 44.9 Å². The van der Waals surface area contributed by atoms with Crippen LogP contribution in [0.2, 0.25) is 0 Å². The fraction of sp³-hybridized carbons (Fsp3) is 0.308. The van der Waals surface area contributed by atoms with Gasteiger partial charge in [-0.05, 0) is 26.0 Å². The van der Waals surface area contributed by atoms with Crippen LogP contribution in [0.1, 0.15) is 19.4 Å². The van der Waals surface area contributed by atoms with Crippen molar-refractivity contribution in [2.24, 2.45) is 0 Å². The molecule has 0 atom stereocenters. The Bertz CT molecular complexity index is 704. The molecule has 1 aromatic carbocycles. The van der Waals surface area contributed by atoms with E-state index < -0.39 is 23.1 Å². The van der Waals surface area contributed by atoms with E-state index in [1.807, 2.05) is 13.8 Å². The van der Waals surface area contributed by atoms with Crippen LogP contribution in [-0.4, -0.2) is 11.0 Å². The second-order valence-electron chi connectivity index (χ2n) is 4.70. The lowest BCUT2D eigenvalue weighted by Gasteiger charge is -2.14. The highest BCUT2D eigenvalue weighted by Gasteiger charge is 2.37. The average molecular weight is 288 g/mol. The number of halogens is 4. The molecular weight excluding hydrogens is 276 g/mol. The van der Waals surface area contributed by atoms with Crippen LogP contribution in [0.3, 0.4) is 0 Å². The van der Waals surface area contributed by atoms with Gasteiger partial charge in [0.1, 0.15) is 5.56 Å². The largest absolute Gasteiger partial charge is 0.420 e. The number of pyridine rings is 1. The summed E-state index contributed by atoms with van der Waals surface area (Å²) in [6, 6.07) is 3.98. The van der Waals surface area contributed by atoms with Gasteiger partial charge in [0, 0.05) is 17.1 Å². The molecule has 0 amide bonds. The summed E-state index contributed by atoms with van der Waals surface area (Å²) in [5, 5.41) is 2.62. The van der Waals surface area contributed by atoms with Crippen LogP contribution in [-0.2, 0) is 6.18 Å². The lowest BCUT2D eigenvalue weighted by molar-refractivity contribution is -0.138. The zero-order valence-corrected chi connectivity index (χ0v) is 10.7. The number of benzene rings is 1. The Morgan fingerprint density at radius 2 is 1.90 bits per heavy atom. The van der Waals surface area contributed by atoms with Crippen LogP contribution in [0, 0.1) is 5.82 Å². The van der Waals surface area contributed by atoms with E-state index in [-0.39, 0.29) is 16.9 Å². The van der Waals surface area contributed by atoms with Crippen molar-refractivity contribution in [3.63, 3.8) is 0 Å². The second-order valence-corrected chi connectivity index (χ2v) is 4.70. The van der Waals surface area contributed by atoms with E-state index in [9.17, 15) is 22.4 Å². The number of alkyl halides is 3. The first-order chi connectivity index (χ1) is 9.20. The first kappa shape index (κ1) is 14.4. The molecule has 2 aromatic rings. The molecule has 0 aliphatic rings. The van der Waals surface area contributed by atoms with Gasteiger partial charge in [-0.2, -0.15) is 13.2 Å². The van der Waals surface area contributed by atoms with Crippen molar-refractivity contribution < 1.29 is 17.6 Å². The molecule has 1 heterocycles. The number of rotatable bonds is 2. The normalized spacial score (nSPS) is 12.2. The Morgan fingerprint density at radius 1 is 1.25 bits per heavy atom. The fourth-order valence-corrected chi connectivity index (χ4v) is 1.97. The molecule has 0 bridgehead atoms. The number of H-pyrrole nitrogens is 1. The first-order valence-corrected chi connectivity index (χ1v) is 5.89. The Kier molecular flexibility index (Phi) is 3.45. The van der Waals surface area contributed by atoms with Crippen molar-refractivity contribution in [3.05, 3.63) is 39.9 Å². The highest BCUT2D eigenvalue weighted by molar-refractivity contribution is 5.85. The lowest BCUT2D eigenvalue weighted by atomic mass is 10.1. The highest BCUT2D eigenvalue weighted by Crippen LogP contribution is 2.35. The van der Waals surface area contributed by atoms with Crippen molar-refractivity contribution in [3.8, 4) is 0 Å². The van der Waals surface area contributed by atoms with Gasteiger partial charge in [-0.15, -0.1) is 0 Å². The van der Waals surface area contributed by atoms with Crippen molar-refractivity contribution in [2.75, 3.05) is 5.32 Å². The number of nitrogens with one attached hydrogen (secondary N) is 2. The quantitative estimate of drug-likeness (QED) is 0.831. The predicted molar refractivity (Wildman–Crippen MR) is 68.3 cm³/mol. The van der Waals surface area contributed by atoms with Crippen LogP contribution >= 0.6 is 0 Å². The summed E-state index contributed by atoms with van der Waals surface area (Å²) in [5.41, 5.74) is -2.43. The number of hydrogen-bond acceptors (Lipinski definition) is 2. The van der Waals surface area contributed by atoms with Gasteiger partial charge in [0.25, 0.3) is 5.56 Å². The molecule has 0 unspecified atom stereocenters. The molecule has 2 rings (SSSR count). The maximum atomic E-state index is 13.5. The van der Waals surface area contributed by atoms with E-state index in [0.717, 1.165) is 6.07 Å². The lowest BCUT2D eigenvalue weighted by Crippen LogP contribution is -2.20. The molecule has 0 saturated carbocycles. The molecule has 0 aliphatic heterocycles. The minimum Gasteiger partial charge on any atom is -0.383 e. The zero-order valence-electron chi connectivity index (χ0n) is 10.7. The van der Waals surface area contributed by atoms with Crippen molar-refractivity contribution >= 4 is 16.6 Å². The molecule has 0 saturated heterocycles. The smallest absolute Gasteiger partial charge is 0.383 e. The number of anilines is 1. The molecule has 0 aliphatic carbocycles. The Morgan fingerprint density at radius 3 is 2.45 bits per heavy atom. The third-order valence-electron chi connectivity index (χ3n) is 2.69. The van der Waals surface area contributed by atoms with Crippen molar-refractivity contribution in [1.29, 1.82) is 0 Å².